The summed E-state index contributed by atoms with van der Waals surface area (Å²) in [6.07, 6.45) is 12.6. The molecule has 4 aliphatic heterocycles. The van der Waals surface area contributed by atoms with E-state index < -0.39 is 26.1 Å². The number of primary amides is 2. The summed E-state index contributed by atoms with van der Waals surface area (Å²) in [5.41, 5.74) is 21.7. The zero-order valence-corrected chi connectivity index (χ0v) is 35.7. The monoisotopic (exact) mass is 934 g/mol. The number of aromatic nitrogens is 4. The molecule has 0 radical (unpaired) electrons. The van der Waals surface area contributed by atoms with Crippen molar-refractivity contribution in [1.29, 1.82) is 10.5 Å². The lowest BCUT2D eigenvalue weighted by atomic mass is 9.85. The van der Waals surface area contributed by atoms with Gasteiger partial charge in [-0.25, -0.2) is 0 Å². The number of halogens is 1. The van der Waals surface area contributed by atoms with Crippen LogP contribution in [0.5, 0.6) is 11.5 Å². The SMILES string of the molecule is C.N#C[C@H]1CCOCC1n1cc(C(N)=O)c(N)n1.N#C[C@H]1CCOCC1n1cc(C(N)=O)c(Nc2cc3c(c(C4CC4)c2)OB(O)C=C3)n1.OB1C=Cc2cc(Br)cc(C3CC3)c2O1. The van der Waals surface area contributed by atoms with Crippen molar-refractivity contribution in [3.63, 3.8) is 0 Å². The van der Waals surface area contributed by atoms with Gasteiger partial charge in [0.15, 0.2) is 11.6 Å². The van der Waals surface area contributed by atoms with E-state index in [9.17, 15) is 24.9 Å². The Bertz CT molecular complexity index is 2550. The highest BCUT2D eigenvalue weighted by molar-refractivity contribution is 9.10. The number of nitrogen functional groups attached to an aromatic ring is 1. The number of nitrogens with one attached hydrogen (secondary N) is 1. The van der Waals surface area contributed by atoms with Crippen LogP contribution in [0.3, 0.4) is 0 Å². The Morgan fingerprint density at radius 1 is 0.766 bits per heavy atom. The number of benzene rings is 2. The zero-order valence-electron chi connectivity index (χ0n) is 34.1. The molecule has 18 nitrogen and oxygen atoms in total. The standard InChI is InChI=1S/C21H22BN5O4.C11H10BBrO2.C10H13N5O2.CH4/c23-9-14-4-6-30-11-18(14)27-10-17(20(24)28)21(26-27)25-15-7-13-3-5-22(29)31-19(13)16(8-15)12-1-2-12;13-9-5-8-3-4-12(14)15-11(8)10(6-9)7-1-2-7;11-3-6-1-2-17-5-8(6)15-4-7(10(13)16)9(12)14-15;/h3,5,7-8,10,12,14,18,29H,1-2,4,6,11H2,(H2,24,28)(H,25,26);3-7,14H,1-2H2;4,6,8H,1-2,5H2,(H2,12,14)(H2,13,16);1H4/t14-,18?;;6-,8?;/m1.1./s1. The maximum Gasteiger partial charge on any atom is 0.552 e. The van der Waals surface area contributed by atoms with Crippen molar-refractivity contribution in [2.45, 2.75) is 69.9 Å². The van der Waals surface area contributed by atoms with E-state index in [2.05, 4.69) is 49.6 Å². The lowest BCUT2D eigenvalue weighted by Gasteiger charge is -2.27. The molecule has 4 aromatic rings. The summed E-state index contributed by atoms with van der Waals surface area (Å²) in [5, 5.41) is 49.6. The van der Waals surface area contributed by atoms with E-state index in [4.69, 9.17) is 41.2 Å². The smallest absolute Gasteiger partial charge is 0.532 e. The topological polar surface area (TPSA) is 285 Å². The molecule has 6 aliphatic rings. The summed E-state index contributed by atoms with van der Waals surface area (Å²) in [6, 6.07) is 12.0. The summed E-state index contributed by atoms with van der Waals surface area (Å²) in [6.45, 7) is 1.84. The number of carbonyl (C=O) groups is 2. The number of ether oxygens (including phenoxy) is 2. The Balaban J connectivity index is 0.000000157. The Kier molecular flexibility index (Phi) is 14.2. The van der Waals surface area contributed by atoms with Crippen molar-refractivity contribution < 1.29 is 38.4 Å². The van der Waals surface area contributed by atoms with E-state index in [0.717, 1.165) is 45.4 Å². The number of hydrogen-bond donors (Lipinski definition) is 6. The number of nitriles is 2. The number of fused-ring (bicyclic) bond motifs is 2. The Labute approximate surface area is 379 Å². The predicted molar refractivity (Wildman–Crippen MR) is 243 cm³/mol. The van der Waals surface area contributed by atoms with Crippen LogP contribution in [0.25, 0.3) is 12.2 Å². The average Bonchev–Trinajstić information content (AvgIpc) is 4.22. The van der Waals surface area contributed by atoms with Crippen LogP contribution in [0, 0.1) is 34.5 Å². The second kappa shape index (κ2) is 19.7. The van der Waals surface area contributed by atoms with Crippen LogP contribution < -0.4 is 31.8 Å². The third-order valence-electron chi connectivity index (χ3n) is 11.6. The first-order chi connectivity index (χ1) is 30.4. The molecule has 6 heterocycles. The maximum atomic E-state index is 12.1. The van der Waals surface area contributed by atoms with Crippen LogP contribution in [0.1, 0.15) is 113 Å². The van der Waals surface area contributed by atoms with Gasteiger partial charge in [-0.2, -0.15) is 20.7 Å². The highest BCUT2D eigenvalue weighted by Gasteiger charge is 2.34. The summed E-state index contributed by atoms with van der Waals surface area (Å²) in [4.78, 5) is 23.1. The van der Waals surface area contributed by atoms with Crippen molar-refractivity contribution in [3.05, 3.63) is 86.5 Å². The first kappa shape index (κ1) is 45.9. The van der Waals surface area contributed by atoms with Crippen molar-refractivity contribution in [3.8, 4) is 23.6 Å². The predicted octanol–water partition coefficient (Wildman–Crippen LogP) is 5.18. The number of hydrogen-bond acceptors (Lipinski definition) is 14. The second-order valence-electron chi connectivity index (χ2n) is 16.1. The molecule has 2 aliphatic carbocycles. The molecule has 21 heteroatoms. The van der Waals surface area contributed by atoms with Crippen LogP contribution in [0.2, 0.25) is 0 Å². The lowest BCUT2D eigenvalue weighted by Crippen LogP contribution is -2.29. The van der Waals surface area contributed by atoms with E-state index in [0.29, 0.717) is 62.7 Å². The molecule has 2 saturated carbocycles. The molecule has 332 valence electrons. The van der Waals surface area contributed by atoms with Crippen LogP contribution in [0.15, 0.2) is 53.1 Å². The van der Waals surface area contributed by atoms with Gasteiger partial charge in [0, 0.05) is 46.9 Å². The highest BCUT2D eigenvalue weighted by atomic mass is 79.9. The van der Waals surface area contributed by atoms with Crippen molar-refractivity contribution >= 4 is 71.5 Å². The number of anilines is 3. The van der Waals surface area contributed by atoms with Gasteiger partial charge < -0.3 is 51.3 Å². The molecule has 0 bridgehead atoms. The summed E-state index contributed by atoms with van der Waals surface area (Å²) in [7, 11) is -1.75. The third-order valence-corrected chi connectivity index (χ3v) is 12.1. The first-order valence-electron chi connectivity index (χ1n) is 20.7. The number of carbonyl (C=O) groups excluding carboxylic acids is 2. The number of nitrogens with two attached hydrogens (primary N) is 3. The number of amides is 2. The van der Waals surface area contributed by atoms with Crippen LogP contribution in [-0.4, -0.2) is 82.1 Å². The molecule has 64 heavy (non-hydrogen) atoms. The molecular formula is C43H49B2BrN10O8. The van der Waals surface area contributed by atoms with E-state index >= 15 is 0 Å². The maximum absolute atomic E-state index is 12.1. The normalized spacial score (nSPS) is 21.6. The minimum Gasteiger partial charge on any atom is -0.532 e. The fourth-order valence-corrected chi connectivity index (χ4v) is 8.49. The molecule has 4 fully saturated rings. The van der Waals surface area contributed by atoms with Crippen molar-refractivity contribution in [2.75, 3.05) is 37.5 Å². The van der Waals surface area contributed by atoms with Gasteiger partial charge in [-0.1, -0.05) is 35.5 Å². The minimum absolute atomic E-state index is 0. The largest absolute Gasteiger partial charge is 0.552 e. The molecular weight excluding hydrogens is 886 g/mol. The van der Waals surface area contributed by atoms with E-state index in [1.165, 1.54) is 29.3 Å². The van der Waals surface area contributed by atoms with Gasteiger partial charge in [0.25, 0.3) is 11.8 Å². The van der Waals surface area contributed by atoms with Gasteiger partial charge in [0.1, 0.15) is 22.6 Å². The van der Waals surface area contributed by atoms with Crippen molar-refractivity contribution in [2.24, 2.45) is 23.3 Å². The molecule has 2 aromatic heterocycles. The van der Waals surface area contributed by atoms with Gasteiger partial charge in [0.2, 0.25) is 0 Å². The Morgan fingerprint density at radius 3 is 1.77 bits per heavy atom. The molecule has 2 amide bonds. The molecule has 4 atom stereocenters. The molecule has 9 N–H and O–H groups in total. The average molecular weight is 935 g/mol. The van der Waals surface area contributed by atoms with Gasteiger partial charge in [-0.15, -0.1) is 0 Å². The Hall–Kier alpha value is -6.09. The quantitative estimate of drug-likeness (QED) is 0.124. The lowest BCUT2D eigenvalue weighted by molar-refractivity contribution is 0.0341. The molecule has 2 saturated heterocycles. The molecule has 10 rings (SSSR count). The van der Waals surface area contributed by atoms with E-state index in [-0.39, 0.29) is 48.3 Å². The van der Waals surface area contributed by atoms with Crippen molar-refractivity contribution in [1.82, 2.24) is 19.6 Å². The highest BCUT2D eigenvalue weighted by Crippen LogP contribution is 2.49. The number of rotatable bonds is 8. The Morgan fingerprint density at radius 2 is 1.27 bits per heavy atom. The van der Waals surface area contributed by atoms with E-state index in [1.54, 1.807) is 22.8 Å². The molecule has 2 aromatic carbocycles. The van der Waals surface area contributed by atoms with Crippen LogP contribution in [0.4, 0.5) is 17.3 Å². The van der Waals surface area contributed by atoms with Crippen LogP contribution >= 0.6 is 15.9 Å². The molecule has 0 spiro atoms. The van der Waals surface area contributed by atoms with Gasteiger partial charge in [-0.05, 0) is 97.7 Å². The number of nitrogens with zero attached hydrogens (tertiary/aromatic N) is 6. The minimum atomic E-state index is -0.952. The van der Waals surface area contributed by atoms with Gasteiger partial charge >= 0.3 is 14.2 Å². The van der Waals surface area contributed by atoms with Crippen LogP contribution in [-0.2, 0) is 9.47 Å². The van der Waals surface area contributed by atoms with Gasteiger partial charge in [0.05, 0.1) is 49.3 Å². The first-order valence-corrected chi connectivity index (χ1v) is 21.5. The fraction of sp³-hybridized carbons (Fsp3) is 0.395. The summed E-state index contributed by atoms with van der Waals surface area (Å²) < 4.78 is 26.1. The van der Waals surface area contributed by atoms with Gasteiger partial charge in [-0.3, -0.25) is 19.0 Å². The molecule has 2 unspecified atom stereocenters. The zero-order chi connectivity index (χ0) is 44.4. The third kappa shape index (κ3) is 10.3. The van der Waals surface area contributed by atoms with E-state index in [1.807, 2.05) is 30.4 Å². The summed E-state index contributed by atoms with van der Waals surface area (Å²) >= 11 is 3.50. The second-order valence-corrected chi connectivity index (χ2v) is 17.1. The fourth-order valence-electron chi connectivity index (χ4n) is 7.99. The summed E-state index contributed by atoms with van der Waals surface area (Å²) in [5.74, 6) is 4.54.